The fourth-order valence-electron chi connectivity index (χ4n) is 2.35. The minimum atomic E-state index is -0.611. The highest BCUT2D eigenvalue weighted by atomic mass is 32.1. The molecular formula is C17H11F2N5S. The Morgan fingerprint density at radius 3 is 2.36 bits per heavy atom. The van der Waals surface area contributed by atoms with E-state index in [0.717, 1.165) is 10.6 Å². The van der Waals surface area contributed by atoms with Crippen molar-refractivity contribution in [3.8, 4) is 21.4 Å². The Bertz CT molecular complexity index is 993. The van der Waals surface area contributed by atoms with Gasteiger partial charge in [-0.05, 0) is 12.1 Å². The van der Waals surface area contributed by atoms with Gasteiger partial charge in [-0.3, -0.25) is 5.10 Å². The van der Waals surface area contributed by atoms with Gasteiger partial charge in [-0.25, -0.2) is 13.8 Å². The molecule has 0 amide bonds. The number of benzene rings is 2. The predicted molar refractivity (Wildman–Crippen MR) is 89.9 cm³/mol. The van der Waals surface area contributed by atoms with Gasteiger partial charge in [-0.2, -0.15) is 5.10 Å². The van der Waals surface area contributed by atoms with Gasteiger partial charge in [0.1, 0.15) is 22.5 Å². The molecule has 0 unspecified atom stereocenters. The molecule has 0 fully saturated rings. The lowest BCUT2D eigenvalue weighted by Crippen LogP contribution is -1.98. The van der Waals surface area contributed by atoms with Gasteiger partial charge in [0.05, 0.1) is 0 Å². The van der Waals surface area contributed by atoms with Crippen molar-refractivity contribution >= 4 is 11.3 Å². The van der Waals surface area contributed by atoms with E-state index in [2.05, 4.69) is 25.4 Å². The average molecular weight is 355 g/mol. The van der Waals surface area contributed by atoms with Crippen molar-refractivity contribution in [2.45, 2.75) is 6.42 Å². The van der Waals surface area contributed by atoms with Crippen molar-refractivity contribution in [3.63, 3.8) is 0 Å². The number of nitrogens with zero attached hydrogens (tertiary/aromatic N) is 4. The van der Waals surface area contributed by atoms with Crippen LogP contribution in [0.2, 0.25) is 0 Å². The number of hydrogen-bond acceptors (Lipinski definition) is 5. The van der Waals surface area contributed by atoms with E-state index in [-0.39, 0.29) is 12.0 Å². The molecule has 2 aromatic carbocycles. The summed E-state index contributed by atoms with van der Waals surface area (Å²) in [6.45, 7) is 0. The highest BCUT2D eigenvalue weighted by Gasteiger charge is 2.15. The van der Waals surface area contributed by atoms with Crippen LogP contribution in [0.1, 0.15) is 11.4 Å². The van der Waals surface area contributed by atoms with Crippen LogP contribution in [-0.2, 0) is 6.42 Å². The maximum atomic E-state index is 13.7. The quantitative estimate of drug-likeness (QED) is 0.604. The molecule has 25 heavy (non-hydrogen) atoms. The van der Waals surface area contributed by atoms with Crippen LogP contribution in [0.4, 0.5) is 8.78 Å². The first kappa shape index (κ1) is 15.5. The van der Waals surface area contributed by atoms with Crippen LogP contribution in [0, 0.1) is 11.6 Å². The first-order valence-corrected chi connectivity index (χ1v) is 8.26. The molecule has 8 heteroatoms. The van der Waals surface area contributed by atoms with Crippen molar-refractivity contribution in [2.75, 3.05) is 0 Å². The van der Waals surface area contributed by atoms with Crippen molar-refractivity contribution in [1.29, 1.82) is 0 Å². The standard InChI is InChI=1S/C17H11F2N5S/c18-12-7-4-8-13(19)11(12)9-14-20-15(22-21-14)17-24-23-16(25-17)10-5-2-1-3-6-10/h1-8H,9H2,(H,20,21,22). The summed E-state index contributed by atoms with van der Waals surface area (Å²) in [7, 11) is 0. The van der Waals surface area contributed by atoms with Crippen molar-refractivity contribution in [2.24, 2.45) is 0 Å². The molecule has 0 aliphatic heterocycles. The molecule has 0 atom stereocenters. The molecule has 2 aromatic heterocycles. The topological polar surface area (TPSA) is 67.3 Å². The number of H-pyrrole nitrogens is 1. The average Bonchev–Trinajstić information content (AvgIpc) is 3.28. The summed E-state index contributed by atoms with van der Waals surface area (Å²) >= 11 is 1.35. The maximum absolute atomic E-state index is 13.7. The summed E-state index contributed by atoms with van der Waals surface area (Å²) in [5.41, 5.74) is 0.905. The maximum Gasteiger partial charge on any atom is 0.212 e. The monoisotopic (exact) mass is 355 g/mol. The van der Waals surface area contributed by atoms with Crippen LogP contribution in [-0.4, -0.2) is 25.4 Å². The van der Waals surface area contributed by atoms with Gasteiger partial charge >= 0.3 is 0 Å². The molecule has 0 radical (unpaired) electrons. The Morgan fingerprint density at radius 1 is 0.880 bits per heavy atom. The highest BCUT2D eigenvalue weighted by molar-refractivity contribution is 7.17. The molecule has 0 bridgehead atoms. The lowest BCUT2D eigenvalue weighted by Gasteiger charge is -2.01. The fourth-order valence-corrected chi connectivity index (χ4v) is 3.13. The van der Waals surface area contributed by atoms with Crippen molar-refractivity contribution in [1.82, 2.24) is 25.4 Å². The predicted octanol–water partition coefficient (Wildman–Crippen LogP) is 3.86. The number of aromatic nitrogens is 5. The van der Waals surface area contributed by atoms with Gasteiger partial charge in [0.25, 0.3) is 0 Å². The summed E-state index contributed by atoms with van der Waals surface area (Å²) in [5, 5.41) is 16.3. The largest absolute Gasteiger partial charge is 0.262 e. The number of hydrogen-bond donors (Lipinski definition) is 1. The van der Waals surface area contributed by atoms with Crippen LogP contribution >= 0.6 is 11.3 Å². The van der Waals surface area contributed by atoms with Crippen LogP contribution in [0.5, 0.6) is 0 Å². The van der Waals surface area contributed by atoms with Crippen molar-refractivity contribution < 1.29 is 8.78 Å². The Balaban J connectivity index is 1.59. The Hall–Kier alpha value is -3.00. The summed E-state index contributed by atoms with van der Waals surface area (Å²) in [5.74, 6) is -0.512. The third kappa shape index (κ3) is 3.16. The van der Waals surface area contributed by atoms with Gasteiger partial charge in [0.2, 0.25) is 5.82 Å². The molecule has 4 aromatic rings. The fraction of sp³-hybridized carbons (Fsp3) is 0.0588. The second-order valence-electron chi connectivity index (χ2n) is 5.26. The van der Waals surface area contributed by atoms with Crippen molar-refractivity contribution in [3.05, 3.63) is 71.6 Å². The molecular weight excluding hydrogens is 344 g/mol. The van der Waals surface area contributed by atoms with Crippen LogP contribution < -0.4 is 0 Å². The number of halogens is 2. The summed E-state index contributed by atoms with van der Waals surface area (Å²) < 4.78 is 27.5. The molecule has 0 saturated heterocycles. The SMILES string of the molecule is Fc1cccc(F)c1Cc1nc(-c2nnc(-c3ccccc3)s2)n[nH]1. The van der Waals surface area contributed by atoms with Crippen LogP contribution in [0.15, 0.2) is 48.5 Å². The zero-order valence-corrected chi connectivity index (χ0v) is 13.6. The second-order valence-corrected chi connectivity index (χ2v) is 6.24. The van der Waals surface area contributed by atoms with Crippen LogP contribution in [0.25, 0.3) is 21.4 Å². The minimum absolute atomic E-state index is 0.0180. The number of rotatable bonds is 4. The van der Waals surface area contributed by atoms with Gasteiger partial charge in [-0.15, -0.1) is 10.2 Å². The molecule has 5 nitrogen and oxygen atoms in total. The lowest BCUT2D eigenvalue weighted by atomic mass is 10.1. The number of nitrogens with one attached hydrogen (secondary N) is 1. The van der Waals surface area contributed by atoms with Crippen LogP contribution in [0.3, 0.4) is 0 Å². The van der Waals surface area contributed by atoms with E-state index in [9.17, 15) is 8.78 Å². The molecule has 1 N–H and O–H groups in total. The molecule has 0 aliphatic carbocycles. The third-order valence-electron chi connectivity index (χ3n) is 3.57. The first-order valence-electron chi connectivity index (χ1n) is 7.44. The van der Waals surface area contributed by atoms with E-state index in [0.29, 0.717) is 16.7 Å². The third-order valence-corrected chi connectivity index (χ3v) is 4.54. The van der Waals surface area contributed by atoms with Gasteiger partial charge < -0.3 is 0 Å². The second kappa shape index (κ2) is 6.48. The van der Waals surface area contributed by atoms with E-state index < -0.39 is 11.6 Å². The molecule has 2 heterocycles. The lowest BCUT2D eigenvalue weighted by molar-refractivity contribution is 0.559. The Labute approximate surface area is 145 Å². The zero-order valence-electron chi connectivity index (χ0n) is 12.8. The normalized spacial score (nSPS) is 11.0. The molecule has 0 saturated carbocycles. The highest BCUT2D eigenvalue weighted by Crippen LogP contribution is 2.28. The Kier molecular flexibility index (Phi) is 4.02. The summed E-state index contributed by atoms with van der Waals surface area (Å²) in [4.78, 5) is 4.27. The smallest absolute Gasteiger partial charge is 0.212 e. The van der Waals surface area contributed by atoms with E-state index in [1.165, 1.54) is 29.5 Å². The number of aromatic amines is 1. The summed E-state index contributed by atoms with van der Waals surface area (Å²) in [6, 6.07) is 13.4. The molecule has 0 spiro atoms. The van der Waals surface area contributed by atoms with Gasteiger partial charge in [-0.1, -0.05) is 47.7 Å². The Morgan fingerprint density at radius 2 is 1.60 bits per heavy atom. The minimum Gasteiger partial charge on any atom is -0.262 e. The van der Waals surface area contributed by atoms with E-state index in [4.69, 9.17) is 0 Å². The summed E-state index contributed by atoms with van der Waals surface area (Å²) in [6.07, 6.45) is -0.0180. The zero-order chi connectivity index (χ0) is 17.2. The van der Waals surface area contributed by atoms with E-state index in [1.54, 1.807) is 0 Å². The van der Waals surface area contributed by atoms with E-state index in [1.807, 2.05) is 30.3 Å². The van der Waals surface area contributed by atoms with E-state index >= 15 is 0 Å². The molecule has 4 rings (SSSR count). The van der Waals surface area contributed by atoms with Gasteiger partial charge in [0, 0.05) is 17.5 Å². The van der Waals surface area contributed by atoms with Gasteiger partial charge in [0.15, 0.2) is 5.01 Å². The molecule has 0 aliphatic rings. The first-order chi connectivity index (χ1) is 12.2. The molecule has 124 valence electrons.